The number of aromatic nitrogens is 2. The average molecular weight is 298 g/mol. The van der Waals surface area contributed by atoms with E-state index < -0.39 is 15.9 Å². The Bertz CT molecular complexity index is 629. The summed E-state index contributed by atoms with van der Waals surface area (Å²) < 4.78 is 23.4. The molecule has 3 rings (SSSR count). The fourth-order valence-corrected chi connectivity index (χ4v) is 3.38. The van der Waals surface area contributed by atoms with Gasteiger partial charge in [0.2, 0.25) is 10.0 Å². The fourth-order valence-electron chi connectivity index (χ4n) is 2.45. The Kier molecular flexibility index (Phi) is 3.29. The molecule has 4 N–H and O–H groups in total. The number of H-pyrrole nitrogens is 1. The van der Waals surface area contributed by atoms with Crippen LogP contribution >= 0.6 is 0 Å². The van der Waals surface area contributed by atoms with E-state index in [1.165, 1.54) is 6.42 Å². The standard InChI is InChI=1S/C12H18N4O3S/c13-20(18,19)11-9(8-4-5-8)15-16-10(11)12(17)14-6-7-2-1-3-7/h7-8H,1-6H2,(H,14,17)(H,15,16)(H2,13,18,19). The van der Waals surface area contributed by atoms with Crippen LogP contribution in [0.5, 0.6) is 0 Å². The maximum Gasteiger partial charge on any atom is 0.273 e. The fraction of sp³-hybridized carbons (Fsp3) is 0.667. The second kappa shape index (κ2) is 4.85. The lowest BCUT2D eigenvalue weighted by Gasteiger charge is -2.25. The van der Waals surface area contributed by atoms with Crippen LogP contribution in [0.25, 0.3) is 0 Å². The smallest absolute Gasteiger partial charge is 0.273 e. The van der Waals surface area contributed by atoms with Crippen molar-refractivity contribution in [1.82, 2.24) is 15.5 Å². The van der Waals surface area contributed by atoms with Gasteiger partial charge in [-0.3, -0.25) is 9.89 Å². The molecule has 2 saturated carbocycles. The van der Waals surface area contributed by atoms with E-state index in [9.17, 15) is 13.2 Å². The molecule has 0 aromatic carbocycles. The highest BCUT2D eigenvalue weighted by atomic mass is 32.2. The number of nitrogens with two attached hydrogens (primary N) is 1. The zero-order valence-electron chi connectivity index (χ0n) is 11.1. The maximum absolute atomic E-state index is 12.1. The summed E-state index contributed by atoms with van der Waals surface area (Å²) in [7, 11) is -3.96. The van der Waals surface area contributed by atoms with Gasteiger partial charge in [-0.1, -0.05) is 6.42 Å². The van der Waals surface area contributed by atoms with Crippen LogP contribution in [-0.4, -0.2) is 31.1 Å². The number of sulfonamides is 1. The largest absolute Gasteiger partial charge is 0.350 e. The number of amides is 1. The Labute approximate surface area is 117 Å². The molecule has 0 saturated heterocycles. The highest BCUT2D eigenvalue weighted by Gasteiger charge is 2.36. The van der Waals surface area contributed by atoms with Crippen LogP contribution in [0.3, 0.4) is 0 Å². The topological polar surface area (TPSA) is 118 Å². The quantitative estimate of drug-likeness (QED) is 0.732. The molecule has 0 atom stereocenters. The van der Waals surface area contributed by atoms with E-state index in [-0.39, 0.29) is 16.5 Å². The van der Waals surface area contributed by atoms with E-state index in [1.54, 1.807) is 0 Å². The first-order valence-corrected chi connectivity index (χ1v) is 8.40. The summed E-state index contributed by atoms with van der Waals surface area (Å²) in [5.41, 5.74) is 0.370. The van der Waals surface area contributed by atoms with Crippen LogP contribution in [0.4, 0.5) is 0 Å². The summed E-state index contributed by atoms with van der Waals surface area (Å²) >= 11 is 0. The van der Waals surface area contributed by atoms with Crippen molar-refractivity contribution in [3.63, 3.8) is 0 Å². The lowest BCUT2D eigenvalue weighted by atomic mass is 9.85. The molecule has 110 valence electrons. The molecular weight excluding hydrogens is 280 g/mol. The minimum Gasteiger partial charge on any atom is -0.350 e. The normalized spacial score (nSPS) is 19.6. The van der Waals surface area contributed by atoms with E-state index in [4.69, 9.17) is 5.14 Å². The summed E-state index contributed by atoms with van der Waals surface area (Å²) in [6.07, 6.45) is 5.20. The molecule has 0 spiro atoms. The predicted molar refractivity (Wildman–Crippen MR) is 71.6 cm³/mol. The van der Waals surface area contributed by atoms with Crippen molar-refractivity contribution in [2.24, 2.45) is 11.1 Å². The molecule has 0 unspecified atom stereocenters. The number of carbonyl (C=O) groups excluding carboxylic acids is 1. The molecule has 2 fully saturated rings. The van der Waals surface area contributed by atoms with Gasteiger partial charge in [0.15, 0.2) is 5.69 Å². The van der Waals surface area contributed by atoms with Crippen LogP contribution in [0.1, 0.15) is 54.2 Å². The van der Waals surface area contributed by atoms with E-state index >= 15 is 0 Å². The Morgan fingerprint density at radius 1 is 1.35 bits per heavy atom. The van der Waals surface area contributed by atoms with Gasteiger partial charge in [-0.25, -0.2) is 13.6 Å². The number of nitrogens with zero attached hydrogens (tertiary/aromatic N) is 1. The van der Waals surface area contributed by atoms with Gasteiger partial charge in [-0.05, 0) is 31.6 Å². The number of carbonyl (C=O) groups is 1. The number of hydrogen-bond donors (Lipinski definition) is 3. The molecule has 0 bridgehead atoms. The number of primary sulfonamides is 1. The summed E-state index contributed by atoms with van der Waals surface area (Å²) in [5, 5.41) is 14.5. The zero-order chi connectivity index (χ0) is 14.3. The first-order valence-electron chi connectivity index (χ1n) is 6.86. The van der Waals surface area contributed by atoms with E-state index in [0.29, 0.717) is 18.2 Å². The number of aromatic amines is 1. The summed E-state index contributed by atoms with van der Waals surface area (Å²) in [6, 6.07) is 0. The lowest BCUT2D eigenvalue weighted by molar-refractivity contribution is 0.0930. The molecule has 7 nitrogen and oxygen atoms in total. The van der Waals surface area contributed by atoms with Gasteiger partial charge in [0.25, 0.3) is 5.91 Å². The van der Waals surface area contributed by atoms with E-state index in [1.807, 2.05) is 0 Å². The van der Waals surface area contributed by atoms with Gasteiger partial charge in [0.05, 0.1) is 5.69 Å². The molecule has 8 heteroatoms. The predicted octanol–water partition coefficient (Wildman–Crippen LogP) is 0.464. The Hall–Kier alpha value is -1.41. The Balaban J connectivity index is 1.82. The molecule has 2 aliphatic carbocycles. The van der Waals surface area contributed by atoms with Gasteiger partial charge in [0.1, 0.15) is 4.90 Å². The first kappa shape index (κ1) is 13.6. The third-order valence-corrected chi connectivity index (χ3v) is 4.99. The average Bonchev–Trinajstić information content (AvgIpc) is 3.04. The van der Waals surface area contributed by atoms with Gasteiger partial charge in [0, 0.05) is 12.5 Å². The van der Waals surface area contributed by atoms with Crippen molar-refractivity contribution in [1.29, 1.82) is 0 Å². The van der Waals surface area contributed by atoms with Crippen molar-refractivity contribution in [2.45, 2.75) is 42.9 Å². The molecule has 1 heterocycles. The van der Waals surface area contributed by atoms with Crippen molar-refractivity contribution in [3.05, 3.63) is 11.4 Å². The third-order valence-electron chi connectivity index (χ3n) is 4.01. The summed E-state index contributed by atoms with van der Waals surface area (Å²) in [5.74, 6) is 0.159. The van der Waals surface area contributed by atoms with Gasteiger partial charge in [-0.15, -0.1) is 0 Å². The second-order valence-electron chi connectivity index (χ2n) is 5.64. The van der Waals surface area contributed by atoms with Crippen molar-refractivity contribution in [3.8, 4) is 0 Å². The summed E-state index contributed by atoms with van der Waals surface area (Å²) in [4.78, 5) is 12.0. The Morgan fingerprint density at radius 2 is 2.05 bits per heavy atom. The monoisotopic (exact) mass is 298 g/mol. The Morgan fingerprint density at radius 3 is 2.55 bits per heavy atom. The maximum atomic E-state index is 12.1. The number of nitrogens with one attached hydrogen (secondary N) is 2. The van der Waals surface area contributed by atoms with Crippen LogP contribution in [0, 0.1) is 5.92 Å². The van der Waals surface area contributed by atoms with E-state index in [0.717, 1.165) is 25.7 Å². The minimum absolute atomic E-state index is 0.103. The number of hydrogen-bond acceptors (Lipinski definition) is 4. The third kappa shape index (κ3) is 2.57. The van der Waals surface area contributed by atoms with Crippen LogP contribution < -0.4 is 10.5 Å². The number of rotatable bonds is 5. The van der Waals surface area contributed by atoms with Crippen molar-refractivity contribution < 1.29 is 13.2 Å². The van der Waals surface area contributed by atoms with Crippen LogP contribution in [0.2, 0.25) is 0 Å². The molecule has 0 aliphatic heterocycles. The van der Waals surface area contributed by atoms with E-state index in [2.05, 4.69) is 15.5 Å². The second-order valence-corrected chi connectivity index (χ2v) is 7.14. The molecule has 0 radical (unpaired) electrons. The molecule has 1 aromatic heterocycles. The first-order chi connectivity index (χ1) is 9.47. The SMILES string of the molecule is NS(=O)(=O)c1c(C(=O)NCC2CCC2)n[nH]c1C1CC1. The molecule has 2 aliphatic rings. The van der Waals surface area contributed by atoms with Crippen molar-refractivity contribution >= 4 is 15.9 Å². The van der Waals surface area contributed by atoms with Gasteiger partial charge < -0.3 is 5.32 Å². The minimum atomic E-state index is -3.96. The lowest BCUT2D eigenvalue weighted by Crippen LogP contribution is -2.33. The molecule has 20 heavy (non-hydrogen) atoms. The molecule has 1 aromatic rings. The zero-order valence-corrected chi connectivity index (χ0v) is 11.9. The van der Waals surface area contributed by atoms with Crippen molar-refractivity contribution in [2.75, 3.05) is 6.54 Å². The van der Waals surface area contributed by atoms with Gasteiger partial charge in [-0.2, -0.15) is 5.10 Å². The van der Waals surface area contributed by atoms with Crippen LogP contribution in [0.15, 0.2) is 4.90 Å². The summed E-state index contributed by atoms with van der Waals surface area (Å²) in [6.45, 7) is 0.564. The molecule has 1 amide bonds. The van der Waals surface area contributed by atoms with Gasteiger partial charge >= 0.3 is 0 Å². The van der Waals surface area contributed by atoms with Crippen LogP contribution in [-0.2, 0) is 10.0 Å². The highest BCUT2D eigenvalue weighted by molar-refractivity contribution is 7.89. The highest BCUT2D eigenvalue weighted by Crippen LogP contribution is 2.42. The molecular formula is C12H18N4O3S.